The van der Waals surface area contributed by atoms with Crippen molar-refractivity contribution < 1.29 is 9.53 Å². The Balaban J connectivity index is 1.86. The van der Waals surface area contributed by atoms with Crippen molar-refractivity contribution in [3.05, 3.63) is 23.9 Å². The molecule has 0 unspecified atom stereocenters. The number of carbonyl (C=O) groups excluding carboxylic acids is 1. The molecular formula is C12H16N2O2. The Morgan fingerprint density at radius 2 is 2.44 bits per heavy atom. The van der Waals surface area contributed by atoms with E-state index in [-0.39, 0.29) is 11.8 Å². The Kier molecular flexibility index (Phi) is 3.39. The summed E-state index contributed by atoms with van der Waals surface area (Å²) in [5, 5.41) is 2.93. The normalized spacial score (nSPS) is 15.3. The van der Waals surface area contributed by atoms with Crippen molar-refractivity contribution in [2.45, 2.75) is 25.8 Å². The lowest BCUT2D eigenvalue weighted by Gasteiger charge is -2.24. The first kappa shape index (κ1) is 10.9. The third kappa shape index (κ3) is 2.51. The summed E-state index contributed by atoms with van der Waals surface area (Å²) < 4.78 is 5.02. The summed E-state index contributed by atoms with van der Waals surface area (Å²) in [5.41, 5.74) is 1.01. The Morgan fingerprint density at radius 3 is 3.06 bits per heavy atom. The van der Waals surface area contributed by atoms with E-state index >= 15 is 0 Å². The number of carbonyl (C=O) groups is 1. The Morgan fingerprint density at radius 1 is 1.62 bits per heavy atom. The van der Waals surface area contributed by atoms with E-state index in [1.807, 2.05) is 12.1 Å². The van der Waals surface area contributed by atoms with Gasteiger partial charge in [-0.25, -0.2) is 4.98 Å². The average Bonchev–Trinajstić information content (AvgIpc) is 2.24. The minimum absolute atomic E-state index is 0.169. The smallest absolute Gasteiger partial charge is 0.223 e. The number of aromatic nitrogens is 1. The van der Waals surface area contributed by atoms with Gasteiger partial charge in [-0.1, -0.05) is 6.42 Å². The van der Waals surface area contributed by atoms with Crippen LogP contribution in [0.4, 0.5) is 0 Å². The van der Waals surface area contributed by atoms with Gasteiger partial charge in [0.25, 0.3) is 0 Å². The van der Waals surface area contributed by atoms with E-state index in [4.69, 9.17) is 4.74 Å². The second-order valence-electron chi connectivity index (χ2n) is 4.05. The SMILES string of the molecule is COc1cc(CNC(=O)C2CCC2)ccn1. The number of rotatable bonds is 4. The molecule has 1 aliphatic rings. The quantitative estimate of drug-likeness (QED) is 0.836. The summed E-state index contributed by atoms with van der Waals surface area (Å²) in [4.78, 5) is 15.6. The number of amides is 1. The maximum absolute atomic E-state index is 11.6. The number of nitrogens with zero attached hydrogens (tertiary/aromatic N) is 1. The van der Waals surface area contributed by atoms with Crippen molar-refractivity contribution in [1.29, 1.82) is 0 Å². The molecule has 1 aromatic rings. The molecule has 4 heteroatoms. The Bertz CT molecular complexity index is 375. The van der Waals surface area contributed by atoms with Gasteiger partial charge in [-0.05, 0) is 24.5 Å². The maximum atomic E-state index is 11.6. The zero-order valence-corrected chi connectivity index (χ0v) is 9.40. The predicted octanol–water partition coefficient (Wildman–Crippen LogP) is 1.51. The van der Waals surface area contributed by atoms with Gasteiger partial charge in [-0.3, -0.25) is 4.79 Å². The molecule has 0 aliphatic heterocycles. The summed E-state index contributed by atoms with van der Waals surface area (Å²) in [6.45, 7) is 0.550. The van der Waals surface area contributed by atoms with Gasteiger partial charge in [0.05, 0.1) is 7.11 Å². The van der Waals surface area contributed by atoms with E-state index in [0.717, 1.165) is 18.4 Å². The Hall–Kier alpha value is -1.58. The molecule has 1 aromatic heterocycles. The predicted molar refractivity (Wildman–Crippen MR) is 60.0 cm³/mol. The summed E-state index contributed by atoms with van der Waals surface area (Å²) in [6.07, 6.45) is 4.93. The zero-order valence-electron chi connectivity index (χ0n) is 9.40. The summed E-state index contributed by atoms with van der Waals surface area (Å²) in [7, 11) is 1.58. The van der Waals surface area contributed by atoms with Crippen LogP contribution in [0, 0.1) is 5.92 Å². The highest BCUT2D eigenvalue weighted by Gasteiger charge is 2.24. The third-order valence-electron chi connectivity index (χ3n) is 2.95. The third-order valence-corrected chi connectivity index (χ3v) is 2.95. The molecule has 2 rings (SSSR count). The van der Waals surface area contributed by atoms with Gasteiger partial charge in [-0.2, -0.15) is 0 Å². The van der Waals surface area contributed by atoms with E-state index in [0.29, 0.717) is 12.4 Å². The van der Waals surface area contributed by atoms with Gasteiger partial charge >= 0.3 is 0 Å². The molecule has 1 saturated carbocycles. The van der Waals surface area contributed by atoms with Gasteiger partial charge in [0.2, 0.25) is 11.8 Å². The van der Waals surface area contributed by atoms with Crippen LogP contribution in [-0.4, -0.2) is 18.0 Å². The van der Waals surface area contributed by atoms with E-state index in [1.54, 1.807) is 13.3 Å². The number of methoxy groups -OCH3 is 1. The van der Waals surface area contributed by atoms with Crippen LogP contribution in [0.2, 0.25) is 0 Å². The number of pyridine rings is 1. The van der Waals surface area contributed by atoms with E-state index in [9.17, 15) is 4.79 Å². The minimum Gasteiger partial charge on any atom is -0.481 e. The molecule has 16 heavy (non-hydrogen) atoms. The first-order chi connectivity index (χ1) is 7.79. The second kappa shape index (κ2) is 4.96. The lowest BCUT2D eigenvalue weighted by Crippen LogP contribution is -2.33. The van der Waals surface area contributed by atoms with Crippen LogP contribution in [-0.2, 0) is 11.3 Å². The number of nitrogens with one attached hydrogen (secondary N) is 1. The van der Waals surface area contributed by atoms with Crippen LogP contribution < -0.4 is 10.1 Å². The number of ether oxygens (including phenoxy) is 1. The molecule has 0 bridgehead atoms. The first-order valence-electron chi connectivity index (χ1n) is 5.56. The average molecular weight is 220 g/mol. The summed E-state index contributed by atoms with van der Waals surface area (Å²) >= 11 is 0. The van der Waals surface area contributed by atoms with Crippen LogP contribution in [0.3, 0.4) is 0 Å². The lowest BCUT2D eigenvalue weighted by molar-refractivity contribution is -0.127. The molecule has 4 nitrogen and oxygen atoms in total. The minimum atomic E-state index is 0.169. The summed E-state index contributed by atoms with van der Waals surface area (Å²) in [6, 6.07) is 3.71. The molecule has 1 N–H and O–H groups in total. The van der Waals surface area contributed by atoms with Gasteiger partial charge in [-0.15, -0.1) is 0 Å². The van der Waals surface area contributed by atoms with Gasteiger partial charge < -0.3 is 10.1 Å². The van der Waals surface area contributed by atoms with Crippen LogP contribution in [0.15, 0.2) is 18.3 Å². The van der Waals surface area contributed by atoms with E-state index in [1.165, 1.54) is 6.42 Å². The molecule has 1 fully saturated rings. The number of hydrogen-bond donors (Lipinski definition) is 1. The molecule has 0 radical (unpaired) electrons. The topological polar surface area (TPSA) is 51.2 Å². The van der Waals surface area contributed by atoms with Gasteiger partial charge in [0, 0.05) is 24.7 Å². The fourth-order valence-corrected chi connectivity index (χ4v) is 1.68. The van der Waals surface area contributed by atoms with Crippen LogP contribution in [0.1, 0.15) is 24.8 Å². The van der Waals surface area contributed by atoms with E-state index < -0.39 is 0 Å². The van der Waals surface area contributed by atoms with Crippen molar-refractivity contribution >= 4 is 5.91 Å². The fourth-order valence-electron chi connectivity index (χ4n) is 1.68. The fraction of sp³-hybridized carbons (Fsp3) is 0.500. The highest BCUT2D eigenvalue weighted by Crippen LogP contribution is 2.26. The van der Waals surface area contributed by atoms with Crippen molar-refractivity contribution in [1.82, 2.24) is 10.3 Å². The Labute approximate surface area is 95.0 Å². The molecule has 1 aliphatic carbocycles. The standard InChI is InChI=1S/C12H16N2O2/c1-16-11-7-9(5-6-13-11)8-14-12(15)10-3-2-4-10/h5-7,10H,2-4,8H2,1H3,(H,14,15). The highest BCUT2D eigenvalue weighted by atomic mass is 16.5. The molecule has 1 heterocycles. The zero-order chi connectivity index (χ0) is 11.4. The van der Waals surface area contributed by atoms with E-state index in [2.05, 4.69) is 10.3 Å². The van der Waals surface area contributed by atoms with Crippen LogP contribution >= 0.6 is 0 Å². The largest absolute Gasteiger partial charge is 0.481 e. The molecular weight excluding hydrogens is 204 g/mol. The van der Waals surface area contributed by atoms with Crippen molar-refractivity contribution in [3.63, 3.8) is 0 Å². The molecule has 86 valence electrons. The number of hydrogen-bond acceptors (Lipinski definition) is 3. The van der Waals surface area contributed by atoms with Crippen molar-refractivity contribution in [2.75, 3.05) is 7.11 Å². The van der Waals surface area contributed by atoms with Gasteiger partial charge in [0.15, 0.2) is 0 Å². The molecule has 0 aromatic carbocycles. The van der Waals surface area contributed by atoms with Gasteiger partial charge in [0.1, 0.15) is 0 Å². The van der Waals surface area contributed by atoms with Crippen LogP contribution in [0.5, 0.6) is 5.88 Å². The first-order valence-corrected chi connectivity index (χ1v) is 5.56. The summed E-state index contributed by atoms with van der Waals surface area (Å²) in [5.74, 6) is 0.987. The monoisotopic (exact) mass is 220 g/mol. The highest BCUT2D eigenvalue weighted by molar-refractivity contribution is 5.79. The molecule has 0 saturated heterocycles. The molecule has 1 amide bonds. The maximum Gasteiger partial charge on any atom is 0.223 e. The van der Waals surface area contributed by atoms with Crippen molar-refractivity contribution in [3.8, 4) is 5.88 Å². The van der Waals surface area contributed by atoms with Crippen LogP contribution in [0.25, 0.3) is 0 Å². The lowest BCUT2D eigenvalue weighted by atomic mass is 9.85. The van der Waals surface area contributed by atoms with Crippen molar-refractivity contribution in [2.24, 2.45) is 5.92 Å². The molecule has 0 spiro atoms. The molecule has 0 atom stereocenters. The second-order valence-corrected chi connectivity index (χ2v) is 4.05.